The molecule has 0 spiro atoms. The zero-order valence-corrected chi connectivity index (χ0v) is 18.4. The number of methoxy groups -OCH3 is 1. The smallest absolute Gasteiger partial charge is 0.425 e. The molecule has 3 heterocycles. The van der Waals surface area contributed by atoms with Crippen LogP contribution in [0.15, 0.2) is 47.5 Å². The number of hydrogen-bond acceptors (Lipinski definition) is 6. The van der Waals surface area contributed by atoms with Gasteiger partial charge >= 0.3 is 11.9 Å². The van der Waals surface area contributed by atoms with Gasteiger partial charge in [0.15, 0.2) is 11.6 Å². The Balaban J connectivity index is 1.40. The summed E-state index contributed by atoms with van der Waals surface area (Å²) < 4.78 is 58.4. The highest BCUT2D eigenvalue weighted by atomic mass is 32.1. The van der Waals surface area contributed by atoms with Crippen molar-refractivity contribution in [2.24, 2.45) is 0 Å². The third-order valence-corrected chi connectivity index (χ3v) is 6.50. The Morgan fingerprint density at radius 3 is 2.64 bits per heavy atom. The number of nitrogens with zero attached hydrogens (tertiary/aromatic N) is 4. The Labute approximate surface area is 190 Å². The number of hydrogen-bond donors (Lipinski definition) is 0. The van der Waals surface area contributed by atoms with Crippen LogP contribution in [-0.4, -0.2) is 34.7 Å². The van der Waals surface area contributed by atoms with Crippen LogP contribution in [0.5, 0.6) is 5.75 Å². The van der Waals surface area contributed by atoms with Gasteiger partial charge in [-0.2, -0.15) is 18.2 Å². The largest absolute Gasteiger partial charge is 0.494 e. The van der Waals surface area contributed by atoms with Crippen molar-refractivity contribution < 1.29 is 22.3 Å². The van der Waals surface area contributed by atoms with E-state index >= 15 is 0 Å². The van der Waals surface area contributed by atoms with E-state index in [4.69, 9.17) is 4.74 Å². The first kappa shape index (κ1) is 23.0. The van der Waals surface area contributed by atoms with E-state index in [9.17, 15) is 22.4 Å². The first-order valence-corrected chi connectivity index (χ1v) is 10.9. The SMILES string of the molecule is COc1ccc(C2=CCN(c3ncn(CCc4ccc(C(F)(F)F)s4)c(=O)n3)CC2)cc1F. The fourth-order valence-corrected chi connectivity index (χ4v) is 4.39. The molecule has 6 nitrogen and oxygen atoms in total. The molecule has 1 aliphatic heterocycles. The van der Waals surface area contributed by atoms with Crippen LogP contribution in [0.4, 0.5) is 23.5 Å². The molecule has 0 amide bonds. The lowest BCUT2D eigenvalue weighted by molar-refractivity contribution is -0.134. The molecule has 33 heavy (non-hydrogen) atoms. The van der Waals surface area contributed by atoms with Crippen LogP contribution in [0.3, 0.4) is 0 Å². The number of ether oxygens (including phenoxy) is 1. The van der Waals surface area contributed by atoms with Gasteiger partial charge in [0.25, 0.3) is 0 Å². The Bertz CT molecular complexity index is 1240. The van der Waals surface area contributed by atoms with Gasteiger partial charge in [0.05, 0.1) is 7.11 Å². The zero-order chi connectivity index (χ0) is 23.6. The monoisotopic (exact) mass is 480 g/mol. The quantitative estimate of drug-likeness (QED) is 0.490. The lowest BCUT2D eigenvalue weighted by atomic mass is 9.99. The second-order valence-electron chi connectivity index (χ2n) is 7.42. The highest BCUT2D eigenvalue weighted by Crippen LogP contribution is 2.34. The van der Waals surface area contributed by atoms with E-state index in [1.54, 1.807) is 12.1 Å². The van der Waals surface area contributed by atoms with Crippen molar-refractivity contribution in [3.63, 3.8) is 0 Å². The third kappa shape index (κ3) is 5.24. The van der Waals surface area contributed by atoms with Crippen molar-refractivity contribution in [3.8, 4) is 5.75 Å². The average Bonchev–Trinajstić information content (AvgIpc) is 3.28. The molecule has 0 aliphatic carbocycles. The molecule has 3 aromatic rings. The molecule has 0 saturated carbocycles. The van der Waals surface area contributed by atoms with Crippen LogP contribution < -0.4 is 15.3 Å². The predicted molar refractivity (Wildman–Crippen MR) is 117 cm³/mol. The summed E-state index contributed by atoms with van der Waals surface area (Å²) in [5.41, 5.74) is 1.24. The van der Waals surface area contributed by atoms with Gasteiger partial charge in [-0.15, -0.1) is 11.3 Å². The second-order valence-corrected chi connectivity index (χ2v) is 8.59. The van der Waals surface area contributed by atoms with Gasteiger partial charge in [-0.05, 0) is 48.2 Å². The molecule has 174 valence electrons. The Morgan fingerprint density at radius 1 is 1.21 bits per heavy atom. The maximum absolute atomic E-state index is 14.0. The molecule has 0 atom stereocenters. The summed E-state index contributed by atoms with van der Waals surface area (Å²) in [6, 6.07) is 7.28. The molecule has 11 heteroatoms. The van der Waals surface area contributed by atoms with Crippen LogP contribution >= 0.6 is 11.3 Å². The maximum Gasteiger partial charge on any atom is 0.425 e. The number of anilines is 1. The lowest BCUT2D eigenvalue weighted by Gasteiger charge is -2.26. The van der Waals surface area contributed by atoms with Crippen molar-refractivity contribution in [2.45, 2.75) is 25.6 Å². The summed E-state index contributed by atoms with van der Waals surface area (Å²) in [5.74, 6) is 0.0380. The van der Waals surface area contributed by atoms with Crippen molar-refractivity contribution in [1.29, 1.82) is 0 Å². The molecule has 0 unspecified atom stereocenters. The summed E-state index contributed by atoms with van der Waals surface area (Å²) in [7, 11) is 1.41. The molecule has 0 bridgehead atoms. The Morgan fingerprint density at radius 2 is 2.03 bits per heavy atom. The minimum Gasteiger partial charge on any atom is -0.494 e. The van der Waals surface area contributed by atoms with Gasteiger partial charge < -0.3 is 9.64 Å². The number of benzene rings is 1. The van der Waals surface area contributed by atoms with E-state index in [0.29, 0.717) is 35.7 Å². The first-order chi connectivity index (χ1) is 15.7. The molecule has 2 aromatic heterocycles. The fraction of sp³-hybridized carbons (Fsp3) is 0.318. The van der Waals surface area contributed by atoms with E-state index in [1.807, 2.05) is 11.0 Å². The van der Waals surface area contributed by atoms with Gasteiger partial charge in [-0.3, -0.25) is 4.57 Å². The van der Waals surface area contributed by atoms with E-state index in [2.05, 4.69) is 9.97 Å². The van der Waals surface area contributed by atoms with Crippen LogP contribution in [0, 0.1) is 5.82 Å². The molecular weight excluding hydrogens is 460 g/mol. The van der Waals surface area contributed by atoms with E-state index in [1.165, 1.54) is 30.1 Å². The Hall–Kier alpha value is -3.21. The van der Waals surface area contributed by atoms with Crippen molar-refractivity contribution in [3.05, 3.63) is 74.4 Å². The van der Waals surface area contributed by atoms with Crippen molar-refractivity contribution in [1.82, 2.24) is 14.5 Å². The highest BCUT2D eigenvalue weighted by Gasteiger charge is 2.32. The number of thiophene rings is 1. The Kier molecular flexibility index (Phi) is 6.50. The van der Waals surface area contributed by atoms with Crippen LogP contribution in [-0.2, 0) is 19.1 Å². The first-order valence-electron chi connectivity index (χ1n) is 10.1. The maximum atomic E-state index is 14.0. The average molecular weight is 480 g/mol. The summed E-state index contributed by atoms with van der Waals surface area (Å²) in [4.78, 5) is 22.4. The zero-order valence-electron chi connectivity index (χ0n) is 17.6. The minimum atomic E-state index is -4.37. The molecule has 0 radical (unpaired) electrons. The molecule has 0 fully saturated rings. The van der Waals surface area contributed by atoms with Crippen molar-refractivity contribution >= 4 is 22.9 Å². The summed E-state index contributed by atoms with van der Waals surface area (Å²) in [5, 5.41) is 0. The van der Waals surface area contributed by atoms with Crippen molar-refractivity contribution in [2.75, 3.05) is 25.1 Å². The second kappa shape index (κ2) is 9.34. The van der Waals surface area contributed by atoms with Gasteiger partial charge in [-0.1, -0.05) is 12.1 Å². The van der Waals surface area contributed by atoms with E-state index in [0.717, 1.165) is 17.2 Å². The van der Waals surface area contributed by atoms with Crippen LogP contribution in [0.25, 0.3) is 5.57 Å². The molecular formula is C22H20F4N4O2S. The molecule has 1 aromatic carbocycles. The van der Waals surface area contributed by atoms with Crippen LogP contribution in [0.2, 0.25) is 0 Å². The topological polar surface area (TPSA) is 60.2 Å². The van der Waals surface area contributed by atoms with Gasteiger partial charge in [0, 0.05) is 24.5 Å². The number of aromatic nitrogens is 3. The van der Waals surface area contributed by atoms with Crippen LogP contribution in [0.1, 0.15) is 21.7 Å². The number of rotatable bonds is 6. The molecule has 4 rings (SSSR count). The standard InChI is InChI=1S/C22H20F4N4O2S/c1-32-18-4-2-15(12-17(18)23)14-6-9-29(10-7-14)20-27-13-30(21(31)28-20)11-8-16-3-5-19(33-16)22(24,25)26/h2-6,12-13H,7-11H2,1H3. The summed E-state index contributed by atoms with van der Waals surface area (Å²) in [6.07, 6.45) is -0.166. The fourth-order valence-electron chi connectivity index (χ4n) is 3.53. The lowest BCUT2D eigenvalue weighted by Crippen LogP contribution is -2.34. The predicted octanol–water partition coefficient (Wildman–Crippen LogP) is 4.40. The highest BCUT2D eigenvalue weighted by molar-refractivity contribution is 7.12. The minimum absolute atomic E-state index is 0.185. The third-order valence-electron chi connectivity index (χ3n) is 5.31. The summed E-state index contributed by atoms with van der Waals surface area (Å²) >= 11 is 0.666. The van der Waals surface area contributed by atoms with Gasteiger partial charge in [-0.25, -0.2) is 14.2 Å². The molecule has 0 saturated heterocycles. The van der Waals surface area contributed by atoms with E-state index in [-0.39, 0.29) is 24.7 Å². The van der Waals surface area contributed by atoms with E-state index < -0.39 is 22.6 Å². The summed E-state index contributed by atoms with van der Waals surface area (Å²) in [6.45, 7) is 1.20. The number of alkyl halides is 3. The normalized spacial score (nSPS) is 14.3. The van der Waals surface area contributed by atoms with Gasteiger partial charge in [0.1, 0.15) is 11.2 Å². The molecule has 1 aliphatic rings. The molecule has 0 N–H and O–H groups in total. The number of aryl methyl sites for hydroxylation is 2. The van der Waals surface area contributed by atoms with Gasteiger partial charge in [0.2, 0.25) is 5.95 Å². The number of halogens is 4.